The summed E-state index contributed by atoms with van der Waals surface area (Å²) in [5, 5.41) is 11.8. The molecule has 1 rings (SSSR count). The quantitative estimate of drug-likeness (QED) is 0.648. The second-order valence-corrected chi connectivity index (χ2v) is 4.24. The maximum atomic E-state index is 13.0. The van der Waals surface area contributed by atoms with E-state index in [2.05, 4.69) is 17.4 Å². The number of aliphatic hydroxyl groups is 1. The van der Waals surface area contributed by atoms with Crippen LogP contribution in [0.4, 0.5) is 4.39 Å². The van der Waals surface area contributed by atoms with E-state index in [1.807, 2.05) is 18.2 Å². The molecule has 3 heteroatoms. The lowest BCUT2D eigenvalue weighted by Gasteiger charge is -2.07. The molecule has 0 bridgehead atoms. The van der Waals surface area contributed by atoms with E-state index in [1.54, 1.807) is 0 Å². The molecular formula is C14H22FNO. The highest BCUT2D eigenvalue weighted by Gasteiger charge is 2.03. The standard InChI is InChI=1S/C14H22FNO/c15-14(9-12-17)8-11-16-10-4-7-13-5-2-1-3-6-13/h1-3,5-6,14,16-17H,4,7-12H2. The first kappa shape index (κ1) is 14.1. The maximum absolute atomic E-state index is 13.0. The minimum atomic E-state index is -0.873. The van der Waals surface area contributed by atoms with Gasteiger partial charge >= 0.3 is 0 Å². The Kier molecular flexibility index (Phi) is 7.60. The maximum Gasteiger partial charge on any atom is 0.104 e. The lowest BCUT2D eigenvalue weighted by molar-refractivity contribution is 0.212. The largest absolute Gasteiger partial charge is 0.396 e. The zero-order valence-electron chi connectivity index (χ0n) is 10.2. The topological polar surface area (TPSA) is 32.3 Å². The molecule has 0 saturated carbocycles. The van der Waals surface area contributed by atoms with Gasteiger partial charge in [0.15, 0.2) is 0 Å². The van der Waals surface area contributed by atoms with Gasteiger partial charge in [-0.1, -0.05) is 30.3 Å². The monoisotopic (exact) mass is 239 g/mol. The Morgan fingerprint density at radius 2 is 1.88 bits per heavy atom. The summed E-state index contributed by atoms with van der Waals surface area (Å²) in [5.74, 6) is 0. The lowest BCUT2D eigenvalue weighted by Crippen LogP contribution is -2.20. The molecule has 2 N–H and O–H groups in total. The highest BCUT2D eigenvalue weighted by atomic mass is 19.1. The molecule has 0 radical (unpaired) electrons. The van der Waals surface area contributed by atoms with Gasteiger partial charge in [0.2, 0.25) is 0 Å². The Bertz CT molecular complexity index is 279. The molecule has 2 nitrogen and oxygen atoms in total. The number of aliphatic hydroxyl groups excluding tert-OH is 1. The third kappa shape index (κ3) is 7.08. The minimum absolute atomic E-state index is 0.0603. The van der Waals surface area contributed by atoms with Crippen LogP contribution in [0, 0.1) is 0 Å². The molecule has 0 aliphatic heterocycles. The van der Waals surface area contributed by atoms with Gasteiger partial charge in [-0.3, -0.25) is 0 Å². The van der Waals surface area contributed by atoms with E-state index in [4.69, 9.17) is 5.11 Å². The van der Waals surface area contributed by atoms with Gasteiger partial charge in [-0.15, -0.1) is 0 Å². The van der Waals surface area contributed by atoms with Crippen LogP contribution in [0.5, 0.6) is 0 Å². The number of hydrogen-bond donors (Lipinski definition) is 2. The Morgan fingerprint density at radius 1 is 1.12 bits per heavy atom. The number of halogens is 1. The van der Waals surface area contributed by atoms with E-state index < -0.39 is 6.17 Å². The summed E-state index contributed by atoms with van der Waals surface area (Å²) >= 11 is 0. The number of aryl methyl sites for hydroxylation is 1. The molecule has 96 valence electrons. The number of hydrogen-bond acceptors (Lipinski definition) is 2. The highest BCUT2D eigenvalue weighted by Crippen LogP contribution is 2.02. The van der Waals surface area contributed by atoms with Crippen LogP contribution in [0.25, 0.3) is 0 Å². The van der Waals surface area contributed by atoms with Crippen molar-refractivity contribution in [1.29, 1.82) is 0 Å². The van der Waals surface area contributed by atoms with Crippen LogP contribution in [0.2, 0.25) is 0 Å². The number of benzene rings is 1. The molecule has 0 aliphatic carbocycles. The molecule has 0 aliphatic rings. The molecular weight excluding hydrogens is 217 g/mol. The summed E-state index contributed by atoms with van der Waals surface area (Å²) in [6.07, 6.45) is 2.00. The van der Waals surface area contributed by atoms with Crippen molar-refractivity contribution < 1.29 is 9.50 Å². The van der Waals surface area contributed by atoms with Gasteiger partial charge < -0.3 is 10.4 Å². The molecule has 1 unspecified atom stereocenters. The third-order valence-corrected chi connectivity index (χ3v) is 2.74. The Morgan fingerprint density at radius 3 is 2.59 bits per heavy atom. The fourth-order valence-corrected chi connectivity index (χ4v) is 1.73. The molecule has 0 fully saturated rings. The van der Waals surface area contributed by atoms with Crippen molar-refractivity contribution >= 4 is 0 Å². The van der Waals surface area contributed by atoms with Crippen LogP contribution < -0.4 is 5.32 Å². The number of rotatable bonds is 9. The van der Waals surface area contributed by atoms with Gasteiger partial charge in [-0.25, -0.2) is 4.39 Å². The fraction of sp³-hybridized carbons (Fsp3) is 0.571. The van der Waals surface area contributed by atoms with Crippen LogP contribution >= 0.6 is 0 Å². The molecule has 0 spiro atoms. The highest BCUT2D eigenvalue weighted by molar-refractivity contribution is 5.14. The summed E-state index contributed by atoms with van der Waals surface area (Å²) in [6, 6.07) is 10.4. The van der Waals surface area contributed by atoms with Crippen LogP contribution in [0.15, 0.2) is 30.3 Å². The summed E-state index contributed by atoms with van der Waals surface area (Å²) in [4.78, 5) is 0. The molecule has 1 aromatic rings. The predicted molar refractivity (Wildman–Crippen MR) is 68.8 cm³/mol. The van der Waals surface area contributed by atoms with E-state index in [1.165, 1.54) is 5.56 Å². The first-order valence-electron chi connectivity index (χ1n) is 6.32. The van der Waals surface area contributed by atoms with Crippen molar-refractivity contribution in [3.05, 3.63) is 35.9 Å². The van der Waals surface area contributed by atoms with Gasteiger partial charge in [-0.2, -0.15) is 0 Å². The van der Waals surface area contributed by atoms with E-state index in [0.717, 1.165) is 19.4 Å². The van der Waals surface area contributed by atoms with E-state index in [-0.39, 0.29) is 13.0 Å². The van der Waals surface area contributed by atoms with Crippen molar-refractivity contribution in [2.24, 2.45) is 0 Å². The van der Waals surface area contributed by atoms with Crippen LogP contribution in [0.1, 0.15) is 24.8 Å². The Hall–Kier alpha value is -0.930. The molecule has 0 saturated heterocycles. The lowest BCUT2D eigenvalue weighted by atomic mass is 10.1. The van der Waals surface area contributed by atoms with E-state index >= 15 is 0 Å². The second kappa shape index (κ2) is 9.14. The zero-order valence-corrected chi connectivity index (χ0v) is 10.2. The molecule has 0 heterocycles. The summed E-state index contributed by atoms with van der Waals surface area (Å²) in [6.45, 7) is 1.55. The molecule has 1 aromatic carbocycles. The van der Waals surface area contributed by atoms with Crippen LogP contribution in [-0.4, -0.2) is 31.0 Å². The zero-order chi connectivity index (χ0) is 12.3. The number of nitrogens with one attached hydrogen (secondary N) is 1. The molecule has 0 aromatic heterocycles. The Balaban J connectivity index is 1.95. The van der Waals surface area contributed by atoms with Gasteiger partial charge in [-0.05, 0) is 37.9 Å². The summed E-state index contributed by atoms with van der Waals surface area (Å²) < 4.78 is 13.0. The molecule has 1 atom stereocenters. The summed E-state index contributed by atoms with van der Waals surface area (Å²) in [7, 11) is 0. The normalized spacial score (nSPS) is 12.6. The van der Waals surface area contributed by atoms with Gasteiger partial charge in [0.05, 0.1) is 0 Å². The van der Waals surface area contributed by atoms with Crippen LogP contribution in [0.3, 0.4) is 0 Å². The van der Waals surface area contributed by atoms with Crippen molar-refractivity contribution in [2.75, 3.05) is 19.7 Å². The predicted octanol–water partition coefficient (Wildman–Crippen LogP) is 2.32. The fourth-order valence-electron chi connectivity index (χ4n) is 1.73. The molecule has 0 amide bonds. The van der Waals surface area contributed by atoms with Crippen molar-refractivity contribution in [3.8, 4) is 0 Å². The second-order valence-electron chi connectivity index (χ2n) is 4.24. The minimum Gasteiger partial charge on any atom is -0.396 e. The van der Waals surface area contributed by atoms with Crippen molar-refractivity contribution in [3.63, 3.8) is 0 Å². The van der Waals surface area contributed by atoms with Gasteiger partial charge in [0, 0.05) is 13.0 Å². The average molecular weight is 239 g/mol. The van der Waals surface area contributed by atoms with E-state index in [0.29, 0.717) is 13.0 Å². The first-order chi connectivity index (χ1) is 8.33. The van der Waals surface area contributed by atoms with Gasteiger partial charge in [0.1, 0.15) is 6.17 Å². The SMILES string of the molecule is OCCC(F)CCNCCCc1ccccc1. The van der Waals surface area contributed by atoms with E-state index in [9.17, 15) is 4.39 Å². The smallest absolute Gasteiger partial charge is 0.104 e. The number of alkyl halides is 1. The van der Waals surface area contributed by atoms with Crippen molar-refractivity contribution in [2.45, 2.75) is 31.9 Å². The summed E-state index contributed by atoms with van der Waals surface area (Å²) in [5.41, 5.74) is 1.35. The average Bonchev–Trinajstić information content (AvgIpc) is 2.35. The first-order valence-corrected chi connectivity index (χ1v) is 6.32. The van der Waals surface area contributed by atoms with Crippen molar-refractivity contribution in [1.82, 2.24) is 5.32 Å². The molecule has 17 heavy (non-hydrogen) atoms. The third-order valence-electron chi connectivity index (χ3n) is 2.74. The van der Waals surface area contributed by atoms with Crippen LogP contribution in [-0.2, 0) is 6.42 Å². The Labute approximate surface area is 103 Å². The van der Waals surface area contributed by atoms with Gasteiger partial charge in [0.25, 0.3) is 0 Å².